The number of pyridine rings is 2. The van der Waals surface area contributed by atoms with Gasteiger partial charge in [0.25, 0.3) is 0 Å². The number of nitrogens with two attached hydrogens (primary N) is 3. The summed E-state index contributed by atoms with van der Waals surface area (Å²) in [6, 6.07) is 16.4. The Morgan fingerprint density at radius 1 is 0.524 bits per heavy atom. The molecular formula is C113H158Br2F6N13O6P2PdS3Sn-. The van der Waals surface area contributed by atoms with Crippen molar-refractivity contribution in [3.8, 4) is 34.5 Å². The maximum atomic E-state index is 15.2. The first-order valence-corrected chi connectivity index (χ1v) is 61.8. The topological polar surface area (TPSA) is 238 Å². The second-order valence-corrected chi connectivity index (χ2v) is 63.6. The predicted molar refractivity (Wildman–Crippen MR) is 614 cm³/mol. The quantitative estimate of drug-likeness (QED) is 0.0118. The van der Waals surface area contributed by atoms with Gasteiger partial charge in [-0.25, -0.2) is 51.0 Å². The summed E-state index contributed by atoms with van der Waals surface area (Å²) in [5, 5.41) is 0.940. The number of alkyl halides is 3. The van der Waals surface area contributed by atoms with Crippen LogP contribution < -0.4 is 17.2 Å². The van der Waals surface area contributed by atoms with E-state index in [1.54, 1.807) is 70.3 Å². The van der Waals surface area contributed by atoms with Gasteiger partial charge in [-0.1, -0.05) is 185 Å². The fourth-order valence-corrected chi connectivity index (χ4v) is 32.7. The number of terminal acetylenes is 2. The number of hydrogen-bond acceptors (Lipinski definition) is 17. The zero-order chi connectivity index (χ0) is 109. The minimum Gasteiger partial charge on any atom is -0.378 e. The minimum absolute atomic E-state index is 0. The van der Waals surface area contributed by atoms with Crippen LogP contribution in [0.1, 0.15) is 248 Å². The van der Waals surface area contributed by atoms with E-state index in [4.69, 9.17) is 57.4 Å². The molecule has 3 saturated carbocycles. The molecule has 6 fully saturated rings. The van der Waals surface area contributed by atoms with Crippen molar-refractivity contribution in [2.75, 3.05) is 98.9 Å². The molecule has 6 aliphatic heterocycles. The molecule has 11 atom stereocenters. The van der Waals surface area contributed by atoms with E-state index in [1.165, 1.54) is 160 Å². The van der Waals surface area contributed by atoms with Crippen molar-refractivity contribution in [3.63, 3.8) is 0 Å². The standard InChI is InChI=1S/C28H25F2N5O2S.C21H21F2N3O2S.C19H20BrF2N3O2S.2C8H18.C7H5BrN2.C4H11P.4C4H9.C2H.H3P.Pd.Sn/c1-18-13-20(32-2)16-33-23(18)6-4-19-3-5-22(30)21(14-19)28(17-29)24-15-27(24,38-26(31)34-28)8-7-25(36)35-9-11-37-12-10-35;1-2-14-3-4-16(23)15(11-14)21(13-22)17-12-20(17,29-19(24)25-21)6-5-18(27)26-7-9-28-10-8-26;20-12-1-2-14(22)13(9-12)19(11-21)15-10-18(15,28-17(23)24-19)4-3-16(26)25-5-7-27-8-6-25;2*1-7(2,3)8(4,5)6;1-5-3-6(9-2)4-10-7(5)8;1-4(2,3)5;1-4(2)3;3*1-3-4-2;1-2;;;/h3,5,7-8,13-14,16,24H,9-12,15,17H2,1H3,(H2,31,34);1,3-6,11,17H,7-10,12-13H2,(H2,24,25);1-4,9,15H,5-8,10-11H2,(H2,23,24);2*1-6H3;3-4H,1H3;5H2,1-3H3;1-3H3;3*1,3-4H2,2H3;1H;1H3;;/q;;;;;;;-1;;;;;;;/b8-7+;6-5+;4-3+;;;;;;;;;;;;/t24-,27+,28-;17-,20+,21-;15-,18+,19-;;;;;;;;;;;;/m111............/s1. The zero-order valence-corrected chi connectivity index (χ0v) is 103. The molecular weight excluding hydrogens is 2290 g/mol. The molecule has 6 N–H and O–H groups in total. The number of thioether (sulfide) groups is 3. The third-order valence-corrected chi connectivity index (χ3v) is 45.5. The van der Waals surface area contributed by atoms with Crippen LogP contribution in [0.5, 0.6) is 0 Å². The first-order valence-electron chi connectivity index (χ1n) is 49.8. The molecule has 3 saturated heterocycles. The Morgan fingerprint density at radius 3 is 1.11 bits per heavy atom. The summed E-state index contributed by atoms with van der Waals surface area (Å²) in [5.41, 5.74) is 20.2. The number of unbranched alkanes of at least 4 members (excludes halogenated alkanes) is 3. The first-order chi connectivity index (χ1) is 67.8. The van der Waals surface area contributed by atoms with Gasteiger partial charge in [0.1, 0.15) is 64.4 Å². The van der Waals surface area contributed by atoms with Gasteiger partial charge in [0.05, 0.1) is 52.8 Å². The van der Waals surface area contributed by atoms with Gasteiger partial charge in [-0.2, -0.15) is 30.7 Å². The number of aliphatic imine (C=N–C) groups is 3. The van der Waals surface area contributed by atoms with E-state index in [-0.39, 0.29) is 98.0 Å². The van der Waals surface area contributed by atoms with Crippen LogP contribution in [0.25, 0.3) is 9.69 Å². The normalized spacial score (nSPS) is 23.0. The summed E-state index contributed by atoms with van der Waals surface area (Å²) in [6.45, 7) is 67.8. The maximum absolute atomic E-state index is 15.2. The van der Waals surface area contributed by atoms with Crippen LogP contribution in [-0.4, -0.2) is 195 Å². The van der Waals surface area contributed by atoms with Crippen molar-refractivity contribution in [2.45, 2.75) is 266 Å². The molecule has 5 aromatic rings. The smallest absolute Gasteiger partial charge is 0.246 e. The van der Waals surface area contributed by atoms with E-state index in [9.17, 15) is 36.3 Å². The van der Waals surface area contributed by atoms with Gasteiger partial charge in [0, 0.05) is 155 Å². The number of morpholine rings is 3. The van der Waals surface area contributed by atoms with Crippen LogP contribution in [0.2, 0.25) is 13.3 Å². The van der Waals surface area contributed by atoms with Crippen LogP contribution >= 0.6 is 86.3 Å². The van der Waals surface area contributed by atoms with Crippen molar-refractivity contribution in [2.24, 2.45) is 71.6 Å². The maximum Gasteiger partial charge on any atom is 0.246 e. The van der Waals surface area contributed by atoms with Gasteiger partial charge in [0.15, 0.2) is 15.5 Å². The van der Waals surface area contributed by atoms with E-state index in [0.29, 0.717) is 158 Å². The molecule has 8 heterocycles. The predicted octanol–water partition coefficient (Wildman–Crippen LogP) is 26.3. The summed E-state index contributed by atoms with van der Waals surface area (Å²) in [6.07, 6.45) is 33.9. The number of carbonyl (C=O) groups is 3. The number of amides is 3. The van der Waals surface area contributed by atoms with Crippen LogP contribution in [-0.2, 0) is 65.6 Å². The third-order valence-electron chi connectivity index (χ3n) is 27.4. The van der Waals surface area contributed by atoms with Gasteiger partial charge in [-0.3, -0.25) is 24.4 Å². The van der Waals surface area contributed by atoms with Gasteiger partial charge in [-0.15, -0.1) is 15.7 Å². The molecule has 9 aliphatic rings. The molecule has 3 aromatic carbocycles. The number of halogens is 8. The molecule has 0 spiro atoms. The molecule has 14 rings (SSSR count). The number of ether oxygens (including phenoxy) is 3. The SMILES string of the molecule is C#Cc1ccc(F)c([C@@]2(CF)N=C(N)S[C@@]3(/C=C/C(=O)N4CCOCC4)C[C@H]32)c1.C#[C][Sn]([CH2]CCC)([CH2]CCC)[CH2]CCC.CC(C)(C)C(C)(C)C.CC(C)(C)C(C)(C)C.CC(C)(C)P.C[C-](C)C.NC1=N[C@](CF)(c2cc(Br)ccc2F)[C@@H]2C[C@]2(/C=C/C(=O)N2CCOCC2)S1.P.[C-]#[N+]c1cnc(Br)c(C)c1.[C-]#[N+]c1cnc(C#Cc2ccc(F)c([C@@]3(CF)N=C(N)S[C@@]4(/C=C/C(=O)N5CCOCC5)C[C@H]43)c2)c(C)c1.[Pd]. The summed E-state index contributed by atoms with van der Waals surface area (Å²) < 4.78 is 111. The van der Waals surface area contributed by atoms with Gasteiger partial charge >= 0.3 is 101 Å². The second-order valence-electron chi connectivity index (χ2n) is 43.7. The number of aryl methyl sites for hydroxylation is 2. The Labute approximate surface area is 928 Å². The number of hydrogen-bond donors (Lipinski definition) is 3. The number of amidine groups is 3. The average Bonchev–Trinajstić information content (AvgIpc) is 1.54. The summed E-state index contributed by atoms with van der Waals surface area (Å²) >= 11 is 8.38. The molecule has 3 amide bonds. The number of fused-ring (bicyclic) bond motifs is 3. The van der Waals surface area contributed by atoms with Gasteiger partial charge in [0.2, 0.25) is 29.1 Å². The Hall–Kier alpha value is -6.55. The van der Waals surface area contributed by atoms with Crippen LogP contribution in [0.15, 0.2) is 140 Å². The molecule has 2 aromatic heterocycles. The fourth-order valence-electron chi connectivity index (χ4n) is 15.9. The molecule has 810 valence electrons. The van der Waals surface area contributed by atoms with Crippen molar-refractivity contribution < 1.29 is 75.4 Å². The number of nitrogens with zero attached hydrogens (tertiary/aromatic N) is 10. The number of benzene rings is 3. The van der Waals surface area contributed by atoms with E-state index in [0.717, 1.165) is 15.7 Å². The molecule has 34 heteroatoms. The van der Waals surface area contributed by atoms with Gasteiger partial charge < -0.3 is 52.0 Å². The van der Waals surface area contributed by atoms with E-state index in [2.05, 4.69) is 243 Å². The van der Waals surface area contributed by atoms with Crippen LogP contribution in [0, 0.1) is 124 Å². The van der Waals surface area contributed by atoms with E-state index < -0.39 is 86.7 Å². The average molecular weight is 2450 g/mol. The monoisotopic (exact) mass is 2450 g/mol. The fraction of sp³-hybridized carbons (Fsp3) is 0.566. The van der Waals surface area contributed by atoms with Gasteiger partial charge in [-0.05, 0) is 160 Å². The Balaban J connectivity index is 0.000000374. The summed E-state index contributed by atoms with van der Waals surface area (Å²) in [5.74, 6) is 6.76. The van der Waals surface area contributed by atoms with E-state index in [1.807, 2.05) is 6.92 Å². The van der Waals surface area contributed by atoms with Crippen molar-refractivity contribution in [1.29, 1.82) is 0 Å². The molecule has 2 unspecified atom stereocenters. The number of rotatable bonds is 21. The number of carbonyl (C=O) groups excluding carboxylic acids is 3. The number of aromatic nitrogens is 2. The Bertz CT molecular complexity index is 5580. The Kier molecular flexibility index (Phi) is 53.5. The first kappa shape index (κ1) is 133. The second kappa shape index (κ2) is 59.2. The zero-order valence-electron chi connectivity index (χ0n) is 90.5. The minimum atomic E-state index is -2.09. The van der Waals surface area contributed by atoms with Crippen LogP contribution in [0.4, 0.5) is 37.7 Å². The molecule has 3 aliphatic carbocycles. The largest absolute Gasteiger partial charge is 0.378 e. The molecule has 0 radical (unpaired) electrons. The van der Waals surface area contributed by atoms with Crippen molar-refractivity contribution in [3.05, 3.63) is 215 Å². The van der Waals surface area contributed by atoms with E-state index >= 15 is 4.39 Å². The van der Waals surface area contributed by atoms with Crippen molar-refractivity contribution in [1.82, 2.24) is 24.7 Å². The molecule has 147 heavy (non-hydrogen) atoms. The summed E-state index contributed by atoms with van der Waals surface area (Å²) in [7, 11) is 2.72. The van der Waals surface area contributed by atoms with Crippen molar-refractivity contribution >= 4 is 149 Å². The van der Waals surface area contributed by atoms with Crippen LogP contribution in [0.3, 0.4) is 0 Å². The molecule has 0 bridgehead atoms. The molecule has 19 nitrogen and oxygen atoms in total. The Morgan fingerprint density at radius 2 is 0.823 bits per heavy atom. The third kappa shape index (κ3) is 38.5. The summed E-state index contributed by atoms with van der Waals surface area (Å²) in [4.78, 5) is 70.7.